The Kier molecular flexibility index (Phi) is 8.20. The lowest BCUT2D eigenvalue weighted by Crippen LogP contribution is -2.49. The van der Waals surface area contributed by atoms with Crippen LogP contribution in [0, 0.1) is 0 Å². The first kappa shape index (κ1) is 27.5. The number of hydrogen-bond acceptors (Lipinski definition) is 7. The number of para-hydroxylation sites is 1. The summed E-state index contributed by atoms with van der Waals surface area (Å²) in [5, 5.41) is 5.24. The van der Waals surface area contributed by atoms with Gasteiger partial charge in [-0.3, -0.25) is 9.69 Å². The Morgan fingerprint density at radius 2 is 1.74 bits per heavy atom. The van der Waals surface area contributed by atoms with E-state index in [0.29, 0.717) is 36.1 Å². The summed E-state index contributed by atoms with van der Waals surface area (Å²) in [6, 6.07) is 20.0. The fourth-order valence-electron chi connectivity index (χ4n) is 4.54. The van der Waals surface area contributed by atoms with Crippen molar-refractivity contribution in [2.75, 3.05) is 52.7 Å². The molecular formula is C28H29ClN4O4S2. The molecule has 1 fully saturated rings. The second kappa shape index (κ2) is 11.6. The van der Waals surface area contributed by atoms with Crippen LogP contribution in [0.5, 0.6) is 0 Å². The number of thiophene rings is 1. The molecule has 204 valence electrons. The molecule has 4 aromatic rings. The highest BCUT2D eigenvalue weighted by Gasteiger charge is 2.26. The lowest BCUT2D eigenvalue weighted by molar-refractivity contribution is 0.0588. The zero-order valence-electron chi connectivity index (χ0n) is 21.7. The molecule has 0 bridgehead atoms. The Balaban J connectivity index is 1.48. The van der Waals surface area contributed by atoms with Gasteiger partial charge in [-0.25, -0.2) is 13.1 Å². The van der Waals surface area contributed by atoms with Crippen molar-refractivity contribution < 1.29 is 17.9 Å². The van der Waals surface area contributed by atoms with Gasteiger partial charge >= 0.3 is 0 Å². The highest BCUT2D eigenvalue weighted by Crippen LogP contribution is 2.37. The first-order valence-electron chi connectivity index (χ1n) is 12.5. The molecule has 1 saturated heterocycles. The number of ether oxygens (including phenoxy) is 1. The number of rotatable bonds is 8. The molecule has 1 aliphatic rings. The molecule has 0 spiro atoms. The minimum absolute atomic E-state index is 0.119. The number of piperazine rings is 1. The van der Waals surface area contributed by atoms with E-state index in [-0.39, 0.29) is 10.8 Å². The van der Waals surface area contributed by atoms with Crippen molar-refractivity contribution in [2.45, 2.75) is 4.90 Å². The zero-order chi connectivity index (χ0) is 27.6. The van der Waals surface area contributed by atoms with E-state index >= 15 is 0 Å². The van der Waals surface area contributed by atoms with Gasteiger partial charge in [0.15, 0.2) is 15.5 Å². The smallest absolute Gasteiger partial charge is 0.274 e. The highest BCUT2D eigenvalue weighted by molar-refractivity contribution is 7.90. The number of carbonyl (C=O) groups excluding carboxylic acids is 1. The average molecular weight is 585 g/mol. The van der Waals surface area contributed by atoms with E-state index in [1.54, 1.807) is 36.1 Å². The summed E-state index contributed by atoms with van der Waals surface area (Å²) in [5.74, 6) is -0.119. The predicted molar refractivity (Wildman–Crippen MR) is 155 cm³/mol. The van der Waals surface area contributed by atoms with Crippen molar-refractivity contribution in [3.05, 3.63) is 77.4 Å². The van der Waals surface area contributed by atoms with Gasteiger partial charge in [0.25, 0.3) is 5.91 Å². The number of benzene rings is 2. The number of nitrogens with zero attached hydrogens (tertiary/aromatic N) is 4. The number of amides is 1. The summed E-state index contributed by atoms with van der Waals surface area (Å²) >= 11 is 8.05. The van der Waals surface area contributed by atoms with Crippen molar-refractivity contribution in [3.8, 4) is 26.7 Å². The van der Waals surface area contributed by atoms with E-state index in [4.69, 9.17) is 21.4 Å². The minimum Gasteiger partial charge on any atom is -0.383 e. The van der Waals surface area contributed by atoms with Crippen LogP contribution in [0.2, 0.25) is 5.02 Å². The van der Waals surface area contributed by atoms with Gasteiger partial charge in [0.2, 0.25) is 0 Å². The fraction of sp³-hybridized carbons (Fsp3) is 0.286. The number of methoxy groups -OCH3 is 1. The summed E-state index contributed by atoms with van der Waals surface area (Å²) in [6.45, 7) is 4.33. The Labute approximate surface area is 237 Å². The van der Waals surface area contributed by atoms with Crippen LogP contribution in [-0.4, -0.2) is 86.6 Å². The lowest BCUT2D eigenvalue weighted by atomic mass is 10.2. The third-order valence-corrected chi connectivity index (χ3v) is 9.27. The molecule has 39 heavy (non-hydrogen) atoms. The highest BCUT2D eigenvalue weighted by atomic mass is 35.5. The molecule has 1 aliphatic heterocycles. The second-order valence-electron chi connectivity index (χ2n) is 9.37. The monoisotopic (exact) mass is 584 g/mol. The average Bonchev–Trinajstić information content (AvgIpc) is 3.60. The van der Waals surface area contributed by atoms with Gasteiger partial charge in [0, 0.05) is 51.0 Å². The molecule has 0 atom stereocenters. The van der Waals surface area contributed by atoms with Crippen molar-refractivity contribution >= 4 is 38.7 Å². The molecule has 11 heteroatoms. The maximum Gasteiger partial charge on any atom is 0.274 e. The van der Waals surface area contributed by atoms with Crippen molar-refractivity contribution in [3.63, 3.8) is 0 Å². The molecule has 0 unspecified atom stereocenters. The van der Waals surface area contributed by atoms with Gasteiger partial charge in [0.1, 0.15) is 0 Å². The summed E-state index contributed by atoms with van der Waals surface area (Å²) in [6.07, 6.45) is 1.20. The second-order valence-corrected chi connectivity index (χ2v) is 12.9. The normalized spacial score (nSPS) is 14.6. The van der Waals surface area contributed by atoms with Gasteiger partial charge in [-0.05, 0) is 48.0 Å². The van der Waals surface area contributed by atoms with Crippen molar-refractivity contribution in [1.82, 2.24) is 19.6 Å². The molecule has 3 heterocycles. The van der Waals surface area contributed by atoms with E-state index in [9.17, 15) is 13.2 Å². The zero-order valence-corrected chi connectivity index (χ0v) is 24.1. The molecule has 8 nitrogen and oxygen atoms in total. The molecule has 0 radical (unpaired) electrons. The number of aromatic nitrogens is 2. The van der Waals surface area contributed by atoms with Crippen LogP contribution >= 0.6 is 22.9 Å². The van der Waals surface area contributed by atoms with Gasteiger partial charge in [0.05, 0.1) is 32.8 Å². The molecule has 0 aliphatic carbocycles. The minimum atomic E-state index is -3.33. The van der Waals surface area contributed by atoms with E-state index in [1.807, 2.05) is 47.4 Å². The molecule has 0 N–H and O–H groups in total. The topological polar surface area (TPSA) is 84.7 Å². The summed E-state index contributed by atoms with van der Waals surface area (Å²) in [7, 11) is -1.64. The summed E-state index contributed by atoms with van der Waals surface area (Å²) < 4.78 is 31.0. The van der Waals surface area contributed by atoms with E-state index in [2.05, 4.69) is 4.90 Å². The predicted octanol–water partition coefficient (Wildman–Crippen LogP) is 4.73. The number of sulfone groups is 1. The van der Waals surface area contributed by atoms with Crippen molar-refractivity contribution in [1.29, 1.82) is 0 Å². The van der Waals surface area contributed by atoms with E-state index in [0.717, 1.165) is 40.6 Å². The van der Waals surface area contributed by atoms with E-state index in [1.165, 1.54) is 17.6 Å². The van der Waals surface area contributed by atoms with E-state index < -0.39 is 9.84 Å². The fourth-order valence-corrected chi connectivity index (χ4v) is 6.42. The van der Waals surface area contributed by atoms with Crippen LogP contribution in [0.4, 0.5) is 0 Å². The molecule has 5 rings (SSSR count). The summed E-state index contributed by atoms with van der Waals surface area (Å²) in [4.78, 5) is 19.7. The van der Waals surface area contributed by atoms with Crippen LogP contribution in [0.25, 0.3) is 26.7 Å². The van der Waals surface area contributed by atoms with Crippen molar-refractivity contribution in [2.24, 2.45) is 0 Å². The van der Waals surface area contributed by atoms with Crippen LogP contribution in [-0.2, 0) is 14.6 Å². The quantitative estimate of drug-likeness (QED) is 0.298. The SMILES string of the molecule is COCCN1CCN(C(=O)c2cc(-c3ccc(-c4cccc(S(C)(=O)=O)c4)s3)n(-c3ccccc3Cl)n2)CC1. The Morgan fingerprint density at radius 3 is 2.46 bits per heavy atom. The Morgan fingerprint density at radius 1 is 1.00 bits per heavy atom. The first-order chi connectivity index (χ1) is 18.7. The molecular weight excluding hydrogens is 556 g/mol. The van der Waals surface area contributed by atoms with Crippen LogP contribution in [0.1, 0.15) is 10.5 Å². The third kappa shape index (κ3) is 6.10. The maximum absolute atomic E-state index is 13.5. The lowest BCUT2D eigenvalue weighted by Gasteiger charge is -2.34. The molecule has 2 aromatic carbocycles. The molecule has 2 aromatic heterocycles. The molecule has 0 saturated carbocycles. The Hall–Kier alpha value is -3.02. The van der Waals surface area contributed by atoms with Gasteiger partial charge in [-0.1, -0.05) is 35.9 Å². The first-order valence-corrected chi connectivity index (χ1v) is 15.6. The van der Waals surface area contributed by atoms with Crippen LogP contribution in [0.15, 0.2) is 71.6 Å². The van der Waals surface area contributed by atoms with Gasteiger partial charge in [-0.2, -0.15) is 5.10 Å². The largest absolute Gasteiger partial charge is 0.383 e. The van der Waals surface area contributed by atoms with Gasteiger partial charge in [-0.15, -0.1) is 11.3 Å². The van der Waals surface area contributed by atoms with Gasteiger partial charge < -0.3 is 9.64 Å². The number of carbonyl (C=O) groups is 1. The van der Waals surface area contributed by atoms with Crippen LogP contribution in [0.3, 0.4) is 0 Å². The molecule has 1 amide bonds. The summed E-state index contributed by atoms with van der Waals surface area (Å²) in [5.41, 5.74) is 2.57. The van der Waals surface area contributed by atoms with Crippen LogP contribution < -0.4 is 0 Å². The number of halogens is 1. The Bertz CT molecular complexity index is 1590. The maximum atomic E-state index is 13.5. The number of hydrogen-bond donors (Lipinski definition) is 0. The standard InChI is InChI=1S/C28H29ClN4O4S2/c1-37-17-16-31-12-14-32(15-13-31)28(34)23-19-25(33(30-23)24-9-4-3-8-22(24)29)27-11-10-26(38-27)20-6-5-7-21(18-20)39(2,35)36/h3-11,18-19H,12-17H2,1-2H3. The third-order valence-electron chi connectivity index (χ3n) is 6.69.